The molecule has 2 nitrogen and oxygen atoms in total. The number of benzene rings is 2. The number of ether oxygens (including phenoxy) is 2. The molecule has 96 valence electrons. The Morgan fingerprint density at radius 3 is 2.67 bits per heavy atom. The Kier molecular flexibility index (Phi) is 4.59. The Morgan fingerprint density at radius 1 is 1.06 bits per heavy atom. The van der Waals surface area contributed by atoms with Crippen LogP contribution in [0.1, 0.15) is 26.7 Å². The molecule has 2 rings (SSSR count). The lowest BCUT2D eigenvalue weighted by Crippen LogP contribution is -2.17. The molecule has 1 atom stereocenters. The van der Waals surface area contributed by atoms with Crippen LogP contribution >= 0.6 is 0 Å². The van der Waals surface area contributed by atoms with Crippen LogP contribution in [0.15, 0.2) is 42.5 Å². The summed E-state index contributed by atoms with van der Waals surface area (Å²) in [6, 6.07) is 14.3. The molecule has 0 heterocycles. The smallest absolute Gasteiger partial charge is 0.197 e. The standard InChI is InChI=1S/C16H20O2/c1-3-4-12-17-13(2)18-16-11-7-9-14-8-5-6-10-15(14)16/h5-11,13H,3-4,12H2,1-2H3. The normalized spacial score (nSPS) is 12.6. The number of rotatable bonds is 6. The van der Waals surface area contributed by atoms with Crippen molar-refractivity contribution in [1.29, 1.82) is 0 Å². The van der Waals surface area contributed by atoms with Gasteiger partial charge in [0.15, 0.2) is 6.29 Å². The molecule has 0 fully saturated rings. The molecule has 0 saturated heterocycles. The van der Waals surface area contributed by atoms with Crippen molar-refractivity contribution < 1.29 is 9.47 Å². The van der Waals surface area contributed by atoms with E-state index in [2.05, 4.69) is 25.1 Å². The van der Waals surface area contributed by atoms with Crippen molar-refractivity contribution in [3.8, 4) is 5.75 Å². The summed E-state index contributed by atoms with van der Waals surface area (Å²) in [6.45, 7) is 4.85. The van der Waals surface area contributed by atoms with Crippen LogP contribution in [0.25, 0.3) is 10.8 Å². The molecule has 1 unspecified atom stereocenters. The lowest BCUT2D eigenvalue weighted by Gasteiger charge is -2.16. The molecule has 0 N–H and O–H groups in total. The highest BCUT2D eigenvalue weighted by atomic mass is 16.7. The fourth-order valence-electron chi connectivity index (χ4n) is 1.90. The van der Waals surface area contributed by atoms with Gasteiger partial charge in [0.2, 0.25) is 0 Å². The van der Waals surface area contributed by atoms with Gasteiger partial charge in [-0.05, 0) is 24.8 Å². The molecule has 0 aliphatic heterocycles. The molecule has 18 heavy (non-hydrogen) atoms. The molecular weight excluding hydrogens is 224 g/mol. The quantitative estimate of drug-likeness (QED) is 0.554. The number of hydrogen-bond donors (Lipinski definition) is 0. The van der Waals surface area contributed by atoms with Crippen molar-refractivity contribution in [3.63, 3.8) is 0 Å². The summed E-state index contributed by atoms with van der Waals surface area (Å²) < 4.78 is 11.5. The maximum atomic E-state index is 5.85. The second-order valence-electron chi connectivity index (χ2n) is 4.39. The van der Waals surface area contributed by atoms with Crippen LogP contribution in [0.4, 0.5) is 0 Å². The van der Waals surface area contributed by atoms with Crippen molar-refractivity contribution >= 4 is 10.8 Å². The van der Waals surface area contributed by atoms with Gasteiger partial charge in [-0.3, -0.25) is 0 Å². The maximum Gasteiger partial charge on any atom is 0.197 e. The van der Waals surface area contributed by atoms with Gasteiger partial charge in [-0.1, -0.05) is 49.7 Å². The van der Waals surface area contributed by atoms with E-state index in [-0.39, 0.29) is 6.29 Å². The second-order valence-corrected chi connectivity index (χ2v) is 4.39. The molecule has 0 aliphatic carbocycles. The largest absolute Gasteiger partial charge is 0.465 e. The first-order chi connectivity index (χ1) is 8.81. The van der Waals surface area contributed by atoms with Crippen molar-refractivity contribution in [3.05, 3.63) is 42.5 Å². The van der Waals surface area contributed by atoms with Crippen LogP contribution in [-0.2, 0) is 4.74 Å². The first kappa shape index (κ1) is 12.9. The molecule has 0 spiro atoms. The van der Waals surface area contributed by atoms with E-state index >= 15 is 0 Å². The van der Waals surface area contributed by atoms with Gasteiger partial charge in [-0.25, -0.2) is 0 Å². The van der Waals surface area contributed by atoms with Crippen LogP contribution in [0.5, 0.6) is 5.75 Å². The minimum Gasteiger partial charge on any atom is -0.465 e. The van der Waals surface area contributed by atoms with Gasteiger partial charge in [0.05, 0.1) is 6.61 Å². The minimum atomic E-state index is -0.206. The highest BCUT2D eigenvalue weighted by molar-refractivity contribution is 5.88. The van der Waals surface area contributed by atoms with E-state index in [0.717, 1.165) is 30.6 Å². The Morgan fingerprint density at radius 2 is 1.83 bits per heavy atom. The van der Waals surface area contributed by atoms with E-state index in [1.807, 2.05) is 31.2 Å². The topological polar surface area (TPSA) is 18.5 Å². The Balaban J connectivity index is 2.07. The number of unbranched alkanes of at least 4 members (excludes halogenated alkanes) is 1. The predicted octanol–water partition coefficient (Wildman–Crippen LogP) is 4.38. The lowest BCUT2D eigenvalue weighted by atomic mass is 10.1. The molecule has 0 radical (unpaired) electrons. The van der Waals surface area contributed by atoms with Gasteiger partial charge in [-0.15, -0.1) is 0 Å². The summed E-state index contributed by atoms with van der Waals surface area (Å²) >= 11 is 0. The summed E-state index contributed by atoms with van der Waals surface area (Å²) in [6.07, 6.45) is 2.01. The molecule has 2 aromatic rings. The fourth-order valence-corrected chi connectivity index (χ4v) is 1.90. The van der Waals surface area contributed by atoms with E-state index in [4.69, 9.17) is 9.47 Å². The molecule has 0 aliphatic rings. The van der Waals surface area contributed by atoms with Crippen LogP contribution in [-0.4, -0.2) is 12.9 Å². The Hall–Kier alpha value is -1.54. The molecule has 2 aromatic carbocycles. The van der Waals surface area contributed by atoms with Crippen molar-refractivity contribution in [2.45, 2.75) is 33.0 Å². The van der Waals surface area contributed by atoms with Crippen molar-refractivity contribution in [1.82, 2.24) is 0 Å². The first-order valence-corrected chi connectivity index (χ1v) is 6.57. The molecule has 0 aromatic heterocycles. The Labute approximate surface area is 109 Å². The number of hydrogen-bond acceptors (Lipinski definition) is 2. The summed E-state index contributed by atoms with van der Waals surface area (Å²) in [7, 11) is 0. The van der Waals surface area contributed by atoms with Gasteiger partial charge in [0.25, 0.3) is 0 Å². The van der Waals surface area contributed by atoms with Gasteiger partial charge in [0.1, 0.15) is 5.75 Å². The summed E-state index contributed by atoms with van der Waals surface area (Å²) in [5, 5.41) is 2.32. The van der Waals surface area contributed by atoms with Crippen molar-refractivity contribution in [2.24, 2.45) is 0 Å². The van der Waals surface area contributed by atoms with Crippen molar-refractivity contribution in [2.75, 3.05) is 6.61 Å². The first-order valence-electron chi connectivity index (χ1n) is 6.57. The third kappa shape index (κ3) is 3.23. The number of fused-ring (bicyclic) bond motifs is 1. The summed E-state index contributed by atoms with van der Waals surface area (Å²) in [5.41, 5.74) is 0. The van der Waals surface area contributed by atoms with E-state index in [9.17, 15) is 0 Å². The average Bonchev–Trinajstić information content (AvgIpc) is 2.39. The average molecular weight is 244 g/mol. The van der Waals surface area contributed by atoms with Gasteiger partial charge in [-0.2, -0.15) is 0 Å². The molecular formula is C16H20O2. The zero-order chi connectivity index (χ0) is 12.8. The van der Waals surface area contributed by atoms with E-state index in [0.29, 0.717) is 0 Å². The zero-order valence-corrected chi connectivity index (χ0v) is 11.1. The van der Waals surface area contributed by atoms with Crippen LogP contribution in [0.2, 0.25) is 0 Å². The fraction of sp³-hybridized carbons (Fsp3) is 0.375. The summed E-state index contributed by atoms with van der Waals surface area (Å²) in [5.74, 6) is 0.886. The third-order valence-electron chi connectivity index (χ3n) is 2.89. The highest BCUT2D eigenvalue weighted by Crippen LogP contribution is 2.26. The molecule has 0 bridgehead atoms. The highest BCUT2D eigenvalue weighted by Gasteiger charge is 2.06. The molecule has 0 saturated carbocycles. The lowest BCUT2D eigenvalue weighted by molar-refractivity contribution is -0.0665. The van der Waals surface area contributed by atoms with Gasteiger partial charge < -0.3 is 9.47 Å². The second kappa shape index (κ2) is 6.41. The van der Waals surface area contributed by atoms with Crippen LogP contribution < -0.4 is 4.74 Å². The van der Waals surface area contributed by atoms with E-state index < -0.39 is 0 Å². The third-order valence-corrected chi connectivity index (χ3v) is 2.89. The maximum absolute atomic E-state index is 5.85. The monoisotopic (exact) mass is 244 g/mol. The SMILES string of the molecule is CCCCOC(C)Oc1cccc2ccccc12. The van der Waals surface area contributed by atoms with Crippen LogP contribution in [0.3, 0.4) is 0 Å². The minimum absolute atomic E-state index is 0.206. The zero-order valence-electron chi connectivity index (χ0n) is 11.1. The Bertz CT molecular complexity index is 488. The van der Waals surface area contributed by atoms with Crippen LogP contribution in [0, 0.1) is 0 Å². The predicted molar refractivity (Wildman–Crippen MR) is 74.9 cm³/mol. The molecule has 0 amide bonds. The van der Waals surface area contributed by atoms with E-state index in [1.54, 1.807) is 0 Å². The molecule has 2 heteroatoms. The van der Waals surface area contributed by atoms with Gasteiger partial charge >= 0.3 is 0 Å². The van der Waals surface area contributed by atoms with Gasteiger partial charge in [0, 0.05) is 5.39 Å². The summed E-state index contributed by atoms with van der Waals surface area (Å²) in [4.78, 5) is 0. The van der Waals surface area contributed by atoms with E-state index in [1.165, 1.54) is 5.39 Å².